The van der Waals surface area contributed by atoms with Gasteiger partial charge in [0.2, 0.25) is 5.91 Å². The molecule has 0 spiro atoms. The predicted molar refractivity (Wildman–Crippen MR) is 92.3 cm³/mol. The third-order valence-corrected chi connectivity index (χ3v) is 5.07. The number of carbonyl (C=O) groups excluding carboxylic acids is 2. The normalized spacial score (nSPS) is 17.4. The van der Waals surface area contributed by atoms with E-state index >= 15 is 0 Å². The van der Waals surface area contributed by atoms with Crippen LogP contribution in [-0.4, -0.2) is 36.8 Å². The van der Waals surface area contributed by atoms with Gasteiger partial charge in [0.05, 0.1) is 17.8 Å². The van der Waals surface area contributed by atoms with Gasteiger partial charge in [-0.25, -0.2) is 9.58 Å². The van der Waals surface area contributed by atoms with Gasteiger partial charge in [0.25, 0.3) is 10.8 Å². The standard InChI is InChI=1S/C16H15N3O5S/c1-9-13(18-14(22)11(8-12(20)21)25-16(18)24)15(23)19(17(9)2)10-6-4-3-5-7-10/h3-7,11H,8H2,1-2H3,(H,20,21)/t11-/m0/s1. The molecule has 3 rings (SSSR count). The van der Waals surface area contributed by atoms with Crippen molar-refractivity contribution >= 4 is 34.6 Å². The van der Waals surface area contributed by atoms with Crippen molar-refractivity contribution in [3.8, 4) is 5.69 Å². The average molecular weight is 361 g/mol. The summed E-state index contributed by atoms with van der Waals surface area (Å²) in [5, 5.41) is 7.22. The summed E-state index contributed by atoms with van der Waals surface area (Å²) in [6.45, 7) is 1.63. The Balaban J connectivity index is 2.10. The molecule has 9 heteroatoms. The number of hydrogen-bond donors (Lipinski definition) is 1. The van der Waals surface area contributed by atoms with E-state index in [-0.39, 0.29) is 5.69 Å². The second kappa shape index (κ2) is 6.25. The van der Waals surface area contributed by atoms with E-state index in [0.29, 0.717) is 23.1 Å². The molecular weight excluding hydrogens is 346 g/mol. The first-order chi connectivity index (χ1) is 11.8. The van der Waals surface area contributed by atoms with E-state index < -0.39 is 34.3 Å². The molecule has 1 aromatic carbocycles. The topological polar surface area (TPSA) is 102 Å². The molecule has 130 valence electrons. The van der Waals surface area contributed by atoms with E-state index in [0.717, 1.165) is 4.90 Å². The Morgan fingerprint density at radius 1 is 1.20 bits per heavy atom. The van der Waals surface area contributed by atoms with Gasteiger partial charge in [-0.3, -0.25) is 23.9 Å². The number of benzene rings is 1. The number of nitrogens with zero attached hydrogens (tertiary/aromatic N) is 3. The van der Waals surface area contributed by atoms with Crippen molar-refractivity contribution < 1.29 is 19.5 Å². The number of aromatic nitrogens is 2. The number of para-hydroxylation sites is 1. The summed E-state index contributed by atoms with van der Waals surface area (Å²) in [7, 11) is 1.65. The van der Waals surface area contributed by atoms with Crippen LogP contribution in [0.3, 0.4) is 0 Å². The van der Waals surface area contributed by atoms with E-state index in [1.165, 1.54) is 4.68 Å². The number of rotatable bonds is 4. The van der Waals surface area contributed by atoms with Crippen LogP contribution in [0.4, 0.5) is 10.5 Å². The predicted octanol–water partition coefficient (Wildman–Crippen LogP) is 1.53. The monoisotopic (exact) mass is 361 g/mol. The van der Waals surface area contributed by atoms with Crippen LogP contribution in [0.25, 0.3) is 5.69 Å². The molecule has 1 fully saturated rings. The lowest BCUT2D eigenvalue weighted by Crippen LogP contribution is -2.36. The van der Waals surface area contributed by atoms with Gasteiger partial charge in [-0.15, -0.1) is 0 Å². The fourth-order valence-corrected chi connectivity index (χ4v) is 3.72. The molecule has 8 nitrogen and oxygen atoms in total. The second-order valence-electron chi connectivity index (χ2n) is 5.55. The molecule has 1 aromatic heterocycles. The number of amides is 2. The summed E-state index contributed by atoms with van der Waals surface area (Å²) in [6.07, 6.45) is -0.468. The molecule has 1 aliphatic rings. The Morgan fingerprint density at radius 3 is 2.44 bits per heavy atom. The largest absolute Gasteiger partial charge is 0.481 e. The zero-order chi connectivity index (χ0) is 18.3. The van der Waals surface area contributed by atoms with Gasteiger partial charge in [-0.05, 0) is 30.8 Å². The van der Waals surface area contributed by atoms with Crippen molar-refractivity contribution in [3.63, 3.8) is 0 Å². The Morgan fingerprint density at radius 2 is 1.84 bits per heavy atom. The highest BCUT2D eigenvalue weighted by Gasteiger charge is 2.44. The second-order valence-corrected chi connectivity index (χ2v) is 6.71. The number of carboxylic acids is 1. The molecule has 1 atom stereocenters. The third kappa shape index (κ3) is 2.76. The van der Waals surface area contributed by atoms with E-state index in [1.54, 1.807) is 42.9 Å². The number of aliphatic carboxylic acids is 1. The lowest BCUT2D eigenvalue weighted by molar-refractivity contribution is -0.138. The zero-order valence-electron chi connectivity index (χ0n) is 13.5. The first-order valence-corrected chi connectivity index (χ1v) is 8.31. The molecule has 0 radical (unpaired) electrons. The summed E-state index contributed by atoms with van der Waals surface area (Å²) >= 11 is 0.632. The van der Waals surface area contributed by atoms with E-state index in [2.05, 4.69) is 0 Å². The van der Waals surface area contributed by atoms with E-state index in [9.17, 15) is 19.2 Å². The van der Waals surface area contributed by atoms with Gasteiger partial charge >= 0.3 is 5.97 Å². The minimum atomic E-state index is -1.17. The van der Waals surface area contributed by atoms with Gasteiger partial charge in [0, 0.05) is 7.05 Å². The van der Waals surface area contributed by atoms with Gasteiger partial charge < -0.3 is 5.11 Å². The van der Waals surface area contributed by atoms with Crippen LogP contribution in [-0.2, 0) is 16.6 Å². The number of imide groups is 1. The van der Waals surface area contributed by atoms with E-state index in [1.807, 2.05) is 6.07 Å². The van der Waals surface area contributed by atoms with Gasteiger partial charge in [-0.2, -0.15) is 0 Å². The lowest BCUT2D eigenvalue weighted by Gasteiger charge is -2.11. The van der Waals surface area contributed by atoms with Crippen molar-refractivity contribution in [2.45, 2.75) is 18.6 Å². The van der Waals surface area contributed by atoms with Crippen molar-refractivity contribution in [3.05, 3.63) is 46.4 Å². The van der Waals surface area contributed by atoms with Crippen molar-refractivity contribution in [2.24, 2.45) is 7.05 Å². The van der Waals surface area contributed by atoms with Crippen molar-refractivity contribution in [1.82, 2.24) is 9.36 Å². The molecule has 1 aliphatic heterocycles. The molecule has 0 bridgehead atoms. The Hall–Kier alpha value is -2.81. The SMILES string of the molecule is Cc1c(N2C(=O)S[C@@H](CC(=O)O)C2=O)c(=O)n(-c2ccccc2)n1C. The summed E-state index contributed by atoms with van der Waals surface area (Å²) in [4.78, 5) is 49.3. The maximum absolute atomic E-state index is 12.9. The highest BCUT2D eigenvalue weighted by molar-refractivity contribution is 8.15. The number of carbonyl (C=O) groups is 3. The van der Waals surface area contributed by atoms with Crippen LogP contribution in [0.2, 0.25) is 0 Å². The Kier molecular flexibility index (Phi) is 4.25. The third-order valence-electron chi connectivity index (χ3n) is 4.03. The summed E-state index contributed by atoms with van der Waals surface area (Å²) in [5.41, 5.74) is 0.483. The van der Waals surface area contributed by atoms with Crippen molar-refractivity contribution in [1.29, 1.82) is 0 Å². The molecule has 0 aliphatic carbocycles. The minimum absolute atomic E-state index is 0.0401. The van der Waals surface area contributed by atoms with Crippen LogP contribution in [0.15, 0.2) is 35.1 Å². The first-order valence-electron chi connectivity index (χ1n) is 7.43. The summed E-state index contributed by atoms with van der Waals surface area (Å²) in [6, 6.07) is 8.83. The smallest absolute Gasteiger partial charge is 0.305 e. The van der Waals surface area contributed by atoms with Crippen LogP contribution in [0.5, 0.6) is 0 Å². The number of anilines is 1. The van der Waals surface area contributed by atoms with Gasteiger partial charge in [0.15, 0.2) is 0 Å². The Bertz CT molecular complexity index is 931. The van der Waals surface area contributed by atoms with Crippen LogP contribution in [0.1, 0.15) is 12.1 Å². The van der Waals surface area contributed by atoms with Crippen molar-refractivity contribution in [2.75, 3.05) is 4.90 Å². The fraction of sp³-hybridized carbons (Fsp3) is 0.250. The average Bonchev–Trinajstić information content (AvgIpc) is 2.94. The molecule has 1 saturated heterocycles. The maximum Gasteiger partial charge on any atom is 0.305 e. The molecule has 0 saturated carbocycles. The quantitative estimate of drug-likeness (QED) is 0.886. The first kappa shape index (κ1) is 17.0. The van der Waals surface area contributed by atoms with Gasteiger partial charge in [-0.1, -0.05) is 18.2 Å². The molecular formula is C16H15N3O5S. The number of hydrogen-bond acceptors (Lipinski definition) is 5. The number of carboxylic acid groups (broad SMARTS) is 1. The summed E-state index contributed by atoms with van der Waals surface area (Å²) in [5.74, 6) is -1.85. The van der Waals surface area contributed by atoms with Crippen LogP contribution < -0.4 is 10.5 Å². The van der Waals surface area contributed by atoms with Crippen LogP contribution >= 0.6 is 11.8 Å². The molecule has 25 heavy (non-hydrogen) atoms. The molecule has 2 heterocycles. The minimum Gasteiger partial charge on any atom is -0.481 e. The van der Waals surface area contributed by atoms with Crippen LogP contribution in [0, 0.1) is 6.92 Å². The van der Waals surface area contributed by atoms with E-state index in [4.69, 9.17) is 5.11 Å². The van der Waals surface area contributed by atoms with Gasteiger partial charge in [0.1, 0.15) is 10.9 Å². The highest BCUT2D eigenvalue weighted by Crippen LogP contribution is 2.33. The maximum atomic E-state index is 12.9. The highest BCUT2D eigenvalue weighted by atomic mass is 32.2. The summed E-state index contributed by atoms with van der Waals surface area (Å²) < 4.78 is 2.92. The Labute approximate surface area is 146 Å². The molecule has 0 unspecified atom stereocenters. The zero-order valence-corrected chi connectivity index (χ0v) is 14.3. The number of thioether (sulfide) groups is 1. The lowest BCUT2D eigenvalue weighted by atomic mass is 10.2. The molecule has 2 amide bonds. The molecule has 1 N–H and O–H groups in total. The fourth-order valence-electron chi connectivity index (χ4n) is 2.76. The molecule has 2 aromatic rings.